The smallest absolute Gasteiger partial charge is 0.246 e. The fourth-order valence-electron chi connectivity index (χ4n) is 5.83. The van der Waals surface area contributed by atoms with E-state index < -0.39 is 21.4 Å². The molecule has 3 amide bonds. The van der Waals surface area contributed by atoms with Crippen LogP contribution in [0.1, 0.15) is 36.1 Å². The number of pyridine rings is 1. The Morgan fingerprint density at radius 2 is 1.73 bits per heavy atom. The normalized spacial score (nSPS) is 20.5. The molecular weight excluding hydrogens is 640 g/mol. The van der Waals surface area contributed by atoms with Crippen LogP contribution in [0.4, 0.5) is 0 Å². The number of rotatable bonds is 7. The van der Waals surface area contributed by atoms with Gasteiger partial charge in [-0.1, -0.05) is 23.4 Å². The average molecular weight is 683 g/mol. The first kappa shape index (κ1) is 35.1. The van der Waals surface area contributed by atoms with Gasteiger partial charge in [0.15, 0.2) is 9.84 Å². The Labute approximate surface area is 279 Å². The number of ether oxygens (including phenoxy) is 2. The number of hydrogen-bond donors (Lipinski definition) is 3. The first-order chi connectivity index (χ1) is 23.1. The van der Waals surface area contributed by atoms with Gasteiger partial charge in [-0.05, 0) is 42.2 Å². The van der Waals surface area contributed by atoms with E-state index in [-0.39, 0.29) is 68.4 Å². The van der Waals surface area contributed by atoms with Gasteiger partial charge in [-0.15, -0.1) is 5.10 Å². The second kappa shape index (κ2) is 16.2. The van der Waals surface area contributed by atoms with Crippen LogP contribution in [0.2, 0.25) is 0 Å². The molecule has 5 rings (SSSR count). The van der Waals surface area contributed by atoms with Gasteiger partial charge in [0.2, 0.25) is 17.7 Å². The van der Waals surface area contributed by atoms with Crippen molar-refractivity contribution in [2.45, 2.75) is 55.2 Å². The fraction of sp³-hybridized carbons (Fsp3) is 0.500. The number of piperidine rings is 1. The van der Waals surface area contributed by atoms with Crippen LogP contribution in [0.25, 0.3) is 0 Å². The number of sulfone groups is 1. The molecular formula is C32H42N8O7S. The van der Waals surface area contributed by atoms with Crippen molar-refractivity contribution in [2.24, 2.45) is 0 Å². The van der Waals surface area contributed by atoms with Crippen LogP contribution in [0.5, 0.6) is 0 Å². The predicted octanol–water partition coefficient (Wildman–Crippen LogP) is -0.144. The molecule has 2 aliphatic heterocycles. The molecule has 1 aromatic carbocycles. The van der Waals surface area contributed by atoms with Gasteiger partial charge in [0.05, 0.1) is 42.5 Å². The Balaban J connectivity index is 1.26. The maximum atomic E-state index is 13.6. The van der Waals surface area contributed by atoms with E-state index >= 15 is 0 Å². The van der Waals surface area contributed by atoms with Gasteiger partial charge in [-0.3, -0.25) is 24.3 Å². The van der Waals surface area contributed by atoms with Crippen molar-refractivity contribution < 1.29 is 32.3 Å². The third-order valence-corrected chi connectivity index (χ3v) is 9.47. The van der Waals surface area contributed by atoms with Gasteiger partial charge in [0.25, 0.3) is 0 Å². The van der Waals surface area contributed by atoms with E-state index in [1.54, 1.807) is 47.5 Å². The van der Waals surface area contributed by atoms with Crippen LogP contribution >= 0.6 is 0 Å². The zero-order valence-electron chi connectivity index (χ0n) is 27.0. The largest absolute Gasteiger partial charge is 0.377 e. The number of nitrogens with zero attached hydrogens (tertiary/aromatic N) is 5. The molecule has 2 saturated heterocycles. The summed E-state index contributed by atoms with van der Waals surface area (Å²) < 4.78 is 36.3. The van der Waals surface area contributed by atoms with Crippen molar-refractivity contribution in [1.29, 1.82) is 0 Å². The Kier molecular flexibility index (Phi) is 11.9. The van der Waals surface area contributed by atoms with Gasteiger partial charge in [-0.25, -0.2) is 13.1 Å². The van der Waals surface area contributed by atoms with Crippen LogP contribution in [-0.2, 0) is 53.2 Å². The highest BCUT2D eigenvalue weighted by Gasteiger charge is 2.39. The Morgan fingerprint density at radius 1 is 0.958 bits per heavy atom. The van der Waals surface area contributed by atoms with Gasteiger partial charge in [-0.2, -0.15) is 0 Å². The lowest BCUT2D eigenvalue weighted by Gasteiger charge is -2.42. The minimum atomic E-state index is -3.29. The summed E-state index contributed by atoms with van der Waals surface area (Å²) in [7, 11) is -3.29. The number of carbonyl (C=O) groups is 3. The molecule has 2 aliphatic rings. The number of carbonyl (C=O) groups excluding carboxylic acids is 3. The summed E-state index contributed by atoms with van der Waals surface area (Å²) in [6.45, 7) is 2.98. The predicted molar refractivity (Wildman–Crippen MR) is 173 cm³/mol. The summed E-state index contributed by atoms with van der Waals surface area (Å²) in [4.78, 5) is 46.5. The highest BCUT2D eigenvalue weighted by Crippen LogP contribution is 2.27. The second-order valence-corrected chi connectivity index (χ2v) is 14.3. The summed E-state index contributed by atoms with van der Waals surface area (Å²) in [6, 6.07) is 9.62. The number of nitrogens with one attached hydrogen (secondary N) is 3. The number of hydrogen-bond acceptors (Lipinski definition) is 11. The summed E-state index contributed by atoms with van der Waals surface area (Å²) in [5.74, 6) is -1.10. The molecule has 0 aliphatic carbocycles. The zero-order chi connectivity index (χ0) is 34.0. The van der Waals surface area contributed by atoms with Crippen molar-refractivity contribution >= 4 is 27.6 Å². The molecule has 3 N–H and O–H groups in total. The van der Waals surface area contributed by atoms with E-state index in [2.05, 4.69) is 36.1 Å². The topological polar surface area (TPSA) is 187 Å². The summed E-state index contributed by atoms with van der Waals surface area (Å²) in [5, 5.41) is 17.2. The van der Waals surface area contributed by atoms with Crippen molar-refractivity contribution in [3.8, 4) is 0 Å². The minimum Gasteiger partial charge on any atom is -0.377 e. The third kappa shape index (κ3) is 10.4. The Bertz CT molecular complexity index is 1640. The van der Waals surface area contributed by atoms with Crippen molar-refractivity contribution in [3.05, 3.63) is 71.8 Å². The van der Waals surface area contributed by atoms with E-state index in [1.807, 2.05) is 12.1 Å². The van der Waals surface area contributed by atoms with Crippen LogP contribution in [0.3, 0.4) is 0 Å². The highest BCUT2D eigenvalue weighted by atomic mass is 32.2. The van der Waals surface area contributed by atoms with Crippen LogP contribution in [0, 0.1) is 0 Å². The van der Waals surface area contributed by atoms with E-state index in [0.717, 1.165) is 11.1 Å². The molecule has 16 heteroatoms. The molecule has 1 atom stereocenters. The Morgan fingerprint density at radius 3 is 2.46 bits per heavy atom. The first-order valence-electron chi connectivity index (χ1n) is 15.9. The van der Waals surface area contributed by atoms with E-state index in [0.29, 0.717) is 44.7 Å². The molecule has 0 bridgehead atoms. The van der Waals surface area contributed by atoms with Crippen LogP contribution in [0.15, 0.2) is 59.9 Å². The van der Waals surface area contributed by atoms with Gasteiger partial charge < -0.3 is 25.4 Å². The molecule has 0 radical (unpaired) electrons. The van der Waals surface area contributed by atoms with Gasteiger partial charge in [0, 0.05) is 63.9 Å². The summed E-state index contributed by atoms with van der Waals surface area (Å²) >= 11 is 0. The Hall–Kier alpha value is -4.25. The average Bonchev–Trinajstić information content (AvgIpc) is 3.49. The number of amides is 3. The molecule has 258 valence electrons. The molecule has 15 nitrogen and oxygen atoms in total. The lowest BCUT2D eigenvalue weighted by Crippen LogP contribution is -2.59. The lowest BCUT2D eigenvalue weighted by atomic mass is 9.83. The number of likely N-dealkylation sites (tertiary alicyclic amines) is 1. The fourth-order valence-corrected chi connectivity index (χ4v) is 6.46. The molecule has 2 fully saturated rings. The molecule has 48 heavy (non-hydrogen) atoms. The first-order valence-corrected chi connectivity index (χ1v) is 17.8. The molecule has 0 unspecified atom stereocenters. The van der Waals surface area contributed by atoms with Gasteiger partial charge >= 0.3 is 0 Å². The highest BCUT2D eigenvalue weighted by molar-refractivity contribution is 7.90. The van der Waals surface area contributed by atoms with Crippen LogP contribution in [-0.4, -0.2) is 115 Å². The van der Waals surface area contributed by atoms with Gasteiger partial charge in [0.1, 0.15) is 12.6 Å². The molecule has 3 aromatic rings. The second-order valence-electron chi connectivity index (χ2n) is 12.2. The minimum absolute atomic E-state index is 0.0315. The van der Waals surface area contributed by atoms with Crippen molar-refractivity contribution in [3.63, 3.8) is 0 Å². The number of aromatic nitrogens is 4. The maximum absolute atomic E-state index is 13.6. The van der Waals surface area contributed by atoms with E-state index in [4.69, 9.17) is 9.47 Å². The lowest BCUT2D eigenvalue weighted by molar-refractivity contribution is -0.133. The third-order valence-electron chi connectivity index (χ3n) is 8.34. The van der Waals surface area contributed by atoms with Crippen molar-refractivity contribution in [2.75, 3.05) is 52.3 Å². The molecule has 2 aromatic heterocycles. The summed E-state index contributed by atoms with van der Waals surface area (Å²) in [5.41, 5.74) is 1.57. The van der Waals surface area contributed by atoms with Crippen LogP contribution < -0.4 is 16.0 Å². The van der Waals surface area contributed by atoms with E-state index in [9.17, 15) is 22.8 Å². The van der Waals surface area contributed by atoms with E-state index in [1.165, 1.54) is 6.26 Å². The number of benzene rings is 1. The molecule has 4 heterocycles. The molecule has 0 saturated carbocycles. The standard InChI is InChI=1S/C32H42N8O7S/c1-48(44,45)27-6-4-24(5-7-27)20-39-12-8-32(9-13-39)18-29(41)35-28(31(43)34-11-14-46-15-16-47-23-30(42)36-32)17-26-22-40(38-37-26)21-25-3-2-10-33-19-25/h2-7,10,19,22,28H,8-9,11-18,20-21,23H2,1H3,(H,34,43)(H,35,41)(H,36,42)/t28-/m1/s1. The zero-order valence-corrected chi connectivity index (χ0v) is 27.8. The molecule has 1 spiro atoms. The van der Waals surface area contributed by atoms with Crippen molar-refractivity contribution in [1.82, 2.24) is 40.8 Å². The monoisotopic (exact) mass is 682 g/mol. The SMILES string of the molecule is CS(=O)(=O)c1ccc(CN2CCC3(CC2)CC(=O)N[C@H](Cc2cn(Cc4cccnc4)nn2)C(=O)NCCOCCOCC(=O)N3)cc1. The summed E-state index contributed by atoms with van der Waals surface area (Å²) in [6.07, 6.45) is 7.39. The quantitative estimate of drug-likeness (QED) is 0.301. The maximum Gasteiger partial charge on any atom is 0.246 e.